The van der Waals surface area contributed by atoms with Gasteiger partial charge in [-0.3, -0.25) is 9.91 Å². The predicted octanol–water partition coefficient (Wildman–Crippen LogP) is 3.76. The molecule has 0 atom stereocenters. The van der Waals surface area contributed by atoms with Gasteiger partial charge in [-0.1, -0.05) is 13.8 Å². The van der Waals surface area contributed by atoms with Crippen molar-refractivity contribution >= 4 is 17.4 Å². The van der Waals surface area contributed by atoms with Crippen molar-refractivity contribution in [2.75, 3.05) is 79.2 Å². The molecule has 2 heterocycles. The van der Waals surface area contributed by atoms with Crippen molar-refractivity contribution in [1.82, 2.24) is 14.8 Å². The minimum Gasteiger partial charge on any atom is -0.496 e. The molecule has 0 aromatic heterocycles. The summed E-state index contributed by atoms with van der Waals surface area (Å²) in [6, 6.07) is 11.2. The lowest BCUT2D eigenvalue weighted by Crippen LogP contribution is -2.45. The Hall–Kier alpha value is -3.27. The van der Waals surface area contributed by atoms with Gasteiger partial charge in [-0.2, -0.15) is 0 Å². The molecule has 202 valence electrons. The van der Waals surface area contributed by atoms with Crippen molar-refractivity contribution in [3.63, 3.8) is 0 Å². The molecule has 0 saturated carbocycles. The first-order chi connectivity index (χ1) is 17.9. The van der Waals surface area contributed by atoms with Crippen molar-refractivity contribution in [3.05, 3.63) is 53.6 Å². The number of benzene rings is 2. The Labute approximate surface area is 220 Å². The predicted molar refractivity (Wildman–Crippen MR) is 147 cm³/mol. The highest BCUT2D eigenvalue weighted by Crippen LogP contribution is 2.39. The number of hydrogen-bond acceptors (Lipinski definition) is 8. The normalized spacial score (nSPS) is 16.6. The van der Waals surface area contributed by atoms with Crippen molar-refractivity contribution in [3.8, 4) is 17.2 Å². The number of carboxylic acids is 1. The lowest BCUT2D eigenvalue weighted by atomic mass is 10.0. The van der Waals surface area contributed by atoms with Gasteiger partial charge in [0.1, 0.15) is 29.4 Å². The molecule has 9 nitrogen and oxygen atoms in total. The van der Waals surface area contributed by atoms with Gasteiger partial charge in [-0.25, -0.2) is 9.80 Å². The molecule has 37 heavy (non-hydrogen) atoms. The van der Waals surface area contributed by atoms with Crippen LogP contribution >= 0.6 is 0 Å². The monoisotopic (exact) mass is 512 g/mol. The number of carboxylic acid groups (broad SMARTS) is 1. The van der Waals surface area contributed by atoms with E-state index in [2.05, 4.69) is 27.9 Å². The zero-order chi connectivity index (χ0) is 26.9. The highest BCUT2D eigenvalue weighted by Gasteiger charge is 2.28. The van der Waals surface area contributed by atoms with Crippen molar-refractivity contribution in [1.29, 1.82) is 0 Å². The third kappa shape index (κ3) is 6.74. The average Bonchev–Trinajstić information content (AvgIpc) is 3.31. The first-order valence-corrected chi connectivity index (χ1v) is 12.8. The molecule has 2 aliphatic rings. The molecule has 1 saturated heterocycles. The van der Waals surface area contributed by atoms with Crippen LogP contribution in [0.5, 0.6) is 17.2 Å². The summed E-state index contributed by atoms with van der Waals surface area (Å²) in [6.45, 7) is 10.6. The Kier molecular flexibility index (Phi) is 10.2. The van der Waals surface area contributed by atoms with Gasteiger partial charge in [0.15, 0.2) is 0 Å². The molecular weight excluding hydrogens is 472 g/mol. The number of carbonyl (C=O) groups is 1. The van der Waals surface area contributed by atoms with Gasteiger partial charge in [0.05, 0.1) is 25.6 Å². The Morgan fingerprint density at radius 2 is 1.59 bits per heavy atom. The number of piperazine rings is 1. The van der Waals surface area contributed by atoms with Crippen LogP contribution in [0.25, 0.3) is 5.70 Å². The van der Waals surface area contributed by atoms with E-state index in [4.69, 9.17) is 14.2 Å². The van der Waals surface area contributed by atoms with Crippen LogP contribution in [0.3, 0.4) is 0 Å². The third-order valence-electron chi connectivity index (χ3n) is 6.50. The second-order valence-corrected chi connectivity index (χ2v) is 8.79. The quantitative estimate of drug-likeness (QED) is 0.540. The van der Waals surface area contributed by atoms with E-state index in [0.717, 1.165) is 49.9 Å². The van der Waals surface area contributed by atoms with Crippen LogP contribution in [0.2, 0.25) is 0 Å². The standard InChI is InChI=1S/C26H34N4O5.C2H6/c1-27-11-13-29(14-12-27)15-16-35-20-7-5-19(6-8-20)30-23(9-10-28(30)2)21-17-22(26(31)32)25(34-4)18-24(21)33-3;1-2/h5-9,17-18H,10-16H2,1-4H3,(H,31,32);1-2H3. The van der Waals surface area contributed by atoms with E-state index in [1.807, 2.05) is 50.2 Å². The van der Waals surface area contributed by atoms with Gasteiger partial charge < -0.3 is 24.2 Å². The van der Waals surface area contributed by atoms with E-state index in [1.165, 1.54) is 7.11 Å². The van der Waals surface area contributed by atoms with Crippen molar-refractivity contribution in [2.45, 2.75) is 13.8 Å². The molecule has 0 bridgehead atoms. The number of methoxy groups -OCH3 is 2. The van der Waals surface area contributed by atoms with E-state index in [1.54, 1.807) is 19.2 Å². The van der Waals surface area contributed by atoms with Crippen LogP contribution in [0.1, 0.15) is 29.8 Å². The number of hydrazine groups is 1. The number of rotatable bonds is 9. The van der Waals surface area contributed by atoms with Crippen LogP contribution in [0, 0.1) is 0 Å². The summed E-state index contributed by atoms with van der Waals surface area (Å²) in [5, 5.41) is 13.8. The average molecular weight is 513 g/mol. The highest BCUT2D eigenvalue weighted by atomic mass is 16.5. The van der Waals surface area contributed by atoms with Crippen molar-refractivity contribution in [2.24, 2.45) is 0 Å². The molecule has 0 unspecified atom stereocenters. The first-order valence-electron chi connectivity index (χ1n) is 12.8. The molecule has 1 fully saturated rings. The summed E-state index contributed by atoms with van der Waals surface area (Å²) in [7, 11) is 7.16. The molecule has 0 spiro atoms. The maximum Gasteiger partial charge on any atom is 0.339 e. The van der Waals surface area contributed by atoms with Gasteiger partial charge in [0.2, 0.25) is 0 Å². The summed E-state index contributed by atoms with van der Waals surface area (Å²) in [5.41, 5.74) is 2.56. The van der Waals surface area contributed by atoms with Crippen molar-refractivity contribution < 1.29 is 24.1 Å². The molecular formula is C28H40N4O5. The summed E-state index contributed by atoms with van der Waals surface area (Å²) >= 11 is 0. The minimum atomic E-state index is -1.05. The fraction of sp³-hybridized carbons (Fsp3) is 0.464. The van der Waals surface area contributed by atoms with Gasteiger partial charge in [0, 0.05) is 57.9 Å². The summed E-state index contributed by atoms with van der Waals surface area (Å²) in [6.07, 6.45) is 2.05. The van der Waals surface area contributed by atoms with Crippen LogP contribution in [-0.4, -0.2) is 100 Å². The highest BCUT2D eigenvalue weighted by molar-refractivity contribution is 5.94. The molecule has 0 radical (unpaired) electrons. The van der Waals surface area contributed by atoms with Crippen LogP contribution < -0.4 is 19.2 Å². The Balaban J connectivity index is 0.00000186. The minimum absolute atomic E-state index is 0.0859. The lowest BCUT2D eigenvalue weighted by Gasteiger charge is -2.32. The molecule has 1 N–H and O–H groups in total. The van der Waals surface area contributed by atoms with Crippen LogP contribution in [-0.2, 0) is 0 Å². The number of likely N-dealkylation sites (N-methyl/N-ethyl adjacent to an activating group) is 2. The topological polar surface area (TPSA) is 78.0 Å². The van der Waals surface area contributed by atoms with Crippen LogP contribution in [0.4, 0.5) is 5.69 Å². The largest absolute Gasteiger partial charge is 0.496 e. The maximum absolute atomic E-state index is 11.8. The Morgan fingerprint density at radius 3 is 2.19 bits per heavy atom. The fourth-order valence-electron chi connectivity index (χ4n) is 4.44. The number of anilines is 1. The summed E-state index contributed by atoms with van der Waals surface area (Å²) in [5.74, 6) is 0.574. The molecule has 2 aromatic rings. The lowest BCUT2D eigenvalue weighted by molar-refractivity contribution is 0.0693. The number of hydrogen-bond donors (Lipinski definition) is 1. The SMILES string of the molecule is CC.COc1cc(OC)c(C2=CCN(C)N2c2ccc(OCCN3CCN(C)CC3)cc2)cc1C(=O)O. The van der Waals surface area contributed by atoms with Gasteiger partial charge in [0.25, 0.3) is 0 Å². The Bertz CT molecular complexity index is 1060. The fourth-order valence-corrected chi connectivity index (χ4v) is 4.44. The van der Waals surface area contributed by atoms with E-state index in [9.17, 15) is 9.90 Å². The summed E-state index contributed by atoms with van der Waals surface area (Å²) in [4.78, 5) is 16.6. The smallest absolute Gasteiger partial charge is 0.339 e. The first kappa shape index (κ1) is 28.3. The Morgan fingerprint density at radius 1 is 0.946 bits per heavy atom. The number of aromatic carboxylic acids is 1. The van der Waals surface area contributed by atoms with Gasteiger partial charge >= 0.3 is 5.97 Å². The second kappa shape index (κ2) is 13.3. The molecule has 2 aromatic carbocycles. The molecule has 0 aliphatic carbocycles. The second-order valence-electron chi connectivity index (χ2n) is 8.79. The number of ether oxygens (including phenoxy) is 3. The zero-order valence-electron chi connectivity index (χ0n) is 22.9. The van der Waals surface area contributed by atoms with E-state index in [0.29, 0.717) is 24.5 Å². The zero-order valence-corrected chi connectivity index (χ0v) is 22.9. The van der Waals surface area contributed by atoms with E-state index >= 15 is 0 Å². The van der Waals surface area contributed by atoms with E-state index < -0.39 is 5.97 Å². The maximum atomic E-state index is 11.8. The van der Waals surface area contributed by atoms with Crippen LogP contribution in [0.15, 0.2) is 42.5 Å². The molecule has 9 heteroatoms. The summed E-state index contributed by atoms with van der Waals surface area (Å²) < 4.78 is 16.8. The third-order valence-corrected chi connectivity index (χ3v) is 6.50. The van der Waals surface area contributed by atoms with Gasteiger partial charge in [-0.05, 0) is 43.5 Å². The van der Waals surface area contributed by atoms with Gasteiger partial charge in [-0.15, -0.1) is 0 Å². The molecule has 2 aliphatic heterocycles. The number of nitrogens with zero attached hydrogens (tertiary/aromatic N) is 4. The molecule has 4 rings (SSSR count). The molecule has 0 amide bonds. The van der Waals surface area contributed by atoms with E-state index in [-0.39, 0.29) is 11.3 Å².